The van der Waals surface area contributed by atoms with Gasteiger partial charge in [0.15, 0.2) is 0 Å². The fourth-order valence-corrected chi connectivity index (χ4v) is 1.86. The lowest BCUT2D eigenvalue weighted by Gasteiger charge is -2.11. The number of nitrogens with zero attached hydrogens (tertiary/aromatic N) is 2. The van der Waals surface area contributed by atoms with Crippen LogP contribution < -0.4 is 11.3 Å². The number of phosphoric acid groups is 1. The molecule has 0 aliphatic rings. The van der Waals surface area contributed by atoms with Gasteiger partial charge < -0.3 is 20.1 Å². The molecule has 2 aromatic rings. The molecule has 0 aliphatic heterocycles. The number of nitrogens with two attached hydrogens (primary N) is 1. The van der Waals surface area contributed by atoms with Crippen molar-refractivity contribution < 1.29 is 19.2 Å². The maximum Gasteiger partial charge on any atom is 0.466 e. The van der Waals surface area contributed by atoms with Crippen LogP contribution >= 0.6 is 7.82 Å². The third-order valence-electron chi connectivity index (χ3n) is 2.66. The Morgan fingerprint density at radius 1 is 0.957 bits per heavy atom. The molecule has 2 rings (SSSR count). The van der Waals surface area contributed by atoms with E-state index < -0.39 is 7.82 Å². The lowest BCUT2D eigenvalue weighted by molar-refractivity contribution is 0.275. The van der Waals surface area contributed by atoms with Gasteiger partial charge in [-0.25, -0.2) is 4.57 Å². The van der Waals surface area contributed by atoms with Crippen molar-refractivity contribution in [3.8, 4) is 23.3 Å². The highest BCUT2D eigenvalue weighted by Gasteiger charge is 2.13. The molecule has 9 heteroatoms. The third-order valence-corrected chi connectivity index (χ3v) is 2.66. The standard InChI is InChI=1S/C14H10N4.H3O4P/c15-8-10-4-3-5-11(9-16)14(10)12-6-1-2-7-13(12)18-17;1-5(2,3)4/h1-7,18H,17H2;(H3,1,2,3,4). The van der Waals surface area contributed by atoms with Crippen molar-refractivity contribution in [2.45, 2.75) is 0 Å². The van der Waals surface area contributed by atoms with E-state index in [1.807, 2.05) is 18.2 Å². The summed E-state index contributed by atoms with van der Waals surface area (Å²) >= 11 is 0. The van der Waals surface area contributed by atoms with Crippen molar-refractivity contribution >= 4 is 13.5 Å². The number of para-hydroxylation sites is 1. The van der Waals surface area contributed by atoms with Gasteiger partial charge in [-0.3, -0.25) is 5.84 Å². The molecule has 0 radical (unpaired) electrons. The summed E-state index contributed by atoms with van der Waals surface area (Å²) < 4.78 is 8.88. The second kappa shape index (κ2) is 8.06. The van der Waals surface area contributed by atoms with E-state index in [2.05, 4.69) is 17.6 Å². The first-order chi connectivity index (χ1) is 10.8. The van der Waals surface area contributed by atoms with Crippen molar-refractivity contribution in [1.29, 1.82) is 10.5 Å². The maximum absolute atomic E-state index is 9.15. The number of rotatable bonds is 2. The van der Waals surface area contributed by atoms with Gasteiger partial charge in [-0.05, 0) is 18.2 Å². The molecule has 0 aromatic heterocycles. The Labute approximate surface area is 132 Å². The van der Waals surface area contributed by atoms with Gasteiger partial charge in [0.25, 0.3) is 0 Å². The van der Waals surface area contributed by atoms with Crippen LogP contribution in [0.25, 0.3) is 11.1 Å². The SMILES string of the molecule is N#Cc1cccc(C#N)c1-c1ccccc1NN.O=P(O)(O)O. The van der Waals surface area contributed by atoms with Crippen molar-refractivity contribution in [2.24, 2.45) is 5.84 Å². The zero-order chi connectivity index (χ0) is 17.5. The van der Waals surface area contributed by atoms with Gasteiger partial charge in [0, 0.05) is 11.1 Å². The van der Waals surface area contributed by atoms with Crippen LogP contribution in [-0.4, -0.2) is 14.7 Å². The molecule has 0 saturated carbocycles. The summed E-state index contributed by atoms with van der Waals surface area (Å²) in [4.78, 5) is 21.6. The number of hydrogen-bond donors (Lipinski definition) is 5. The first-order valence-corrected chi connectivity index (χ1v) is 7.65. The molecule has 0 spiro atoms. The number of benzene rings is 2. The molecule has 0 unspecified atom stereocenters. The van der Waals surface area contributed by atoms with Crippen molar-refractivity contribution in [1.82, 2.24) is 0 Å². The van der Waals surface area contributed by atoms with Crippen LogP contribution in [0.15, 0.2) is 42.5 Å². The number of nitrogen functional groups attached to an aromatic ring is 1. The van der Waals surface area contributed by atoms with Gasteiger partial charge in [-0.1, -0.05) is 24.3 Å². The summed E-state index contributed by atoms with van der Waals surface area (Å²) in [6, 6.07) is 16.6. The van der Waals surface area contributed by atoms with Crippen molar-refractivity contribution in [3.63, 3.8) is 0 Å². The zero-order valence-corrected chi connectivity index (χ0v) is 12.6. The van der Waals surface area contributed by atoms with E-state index in [9.17, 15) is 0 Å². The quantitative estimate of drug-likeness (QED) is 0.313. The molecule has 0 bridgehead atoms. The van der Waals surface area contributed by atoms with E-state index in [1.54, 1.807) is 24.3 Å². The van der Waals surface area contributed by atoms with Crippen molar-refractivity contribution in [2.75, 3.05) is 5.43 Å². The molecule has 0 aliphatic carbocycles. The molecular formula is C14H13N4O4P. The monoisotopic (exact) mass is 332 g/mol. The number of hydrazine groups is 1. The Bertz CT molecular complexity index is 780. The molecule has 6 N–H and O–H groups in total. The summed E-state index contributed by atoms with van der Waals surface area (Å²) in [7, 11) is -4.64. The van der Waals surface area contributed by atoms with Crippen LogP contribution in [0.1, 0.15) is 11.1 Å². The minimum atomic E-state index is -4.64. The second-order valence-corrected chi connectivity index (χ2v) is 5.18. The molecule has 0 amide bonds. The maximum atomic E-state index is 9.15. The zero-order valence-electron chi connectivity index (χ0n) is 11.7. The van der Waals surface area contributed by atoms with E-state index in [0.717, 1.165) is 5.56 Å². The van der Waals surface area contributed by atoms with Gasteiger partial charge in [-0.2, -0.15) is 10.5 Å². The minimum absolute atomic E-state index is 0.455. The average molecular weight is 332 g/mol. The number of hydrogen-bond acceptors (Lipinski definition) is 5. The van der Waals surface area contributed by atoms with Crippen LogP contribution in [0.3, 0.4) is 0 Å². The molecule has 8 nitrogen and oxygen atoms in total. The highest BCUT2D eigenvalue weighted by molar-refractivity contribution is 7.45. The largest absolute Gasteiger partial charge is 0.466 e. The predicted molar refractivity (Wildman–Crippen MR) is 83.4 cm³/mol. The summed E-state index contributed by atoms with van der Waals surface area (Å²) in [5.41, 5.74) is 5.52. The smallest absolute Gasteiger partial charge is 0.324 e. The van der Waals surface area contributed by atoms with Crippen LogP contribution in [0.4, 0.5) is 5.69 Å². The molecule has 0 fully saturated rings. The summed E-state index contributed by atoms with van der Waals surface area (Å²) in [6.45, 7) is 0. The lowest BCUT2D eigenvalue weighted by atomic mass is 9.94. The Morgan fingerprint density at radius 2 is 1.43 bits per heavy atom. The highest BCUT2D eigenvalue weighted by atomic mass is 31.2. The van der Waals surface area contributed by atoms with Gasteiger partial charge in [0.05, 0.1) is 29.0 Å². The summed E-state index contributed by atoms with van der Waals surface area (Å²) in [6.07, 6.45) is 0. The van der Waals surface area contributed by atoms with E-state index >= 15 is 0 Å². The molecule has 2 aromatic carbocycles. The van der Waals surface area contributed by atoms with Crippen LogP contribution in [0.2, 0.25) is 0 Å². The van der Waals surface area contributed by atoms with Gasteiger partial charge in [0.2, 0.25) is 0 Å². The Balaban J connectivity index is 0.000000463. The van der Waals surface area contributed by atoms with E-state index in [4.69, 9.17) is 35.6 Å². The van der Waals surface area contributed by atoms with Crippen molar-refractivity contribution in [3.05, 3.63) is 53.6 Å². The van der Waals surface area contributed by atoms with E-state index in [1.165, 1.54) is 0 Å². The number of nitrogens with one attached hydrogen (secondary N) is 1. The van der Waals surface area contributed by atoms with Crippen LogP contribution in [0, 0.1) is 22.7 Å². The molecule has 0 saturated heterocycles. The van der Waals surface area contributed by atoms with Gasteiger partial charge in [0.1, 0.15) is 0 Å². The Kier molecular flexibility index (Phi) is 6.43. The first kappa shape index (κ1) is 18.3. The molecule has 23 heavy (non-hydrogen) atoms. The summed E-state index contributed by atoms with van der Waals surface area (Å²) in [5.74, 6) is 5.46. The molecule has 0 heterocycles. The van der Waals surface area contributed by atoms with E-state index in [0.29, 0.717) is 22.4 Å². The fraction of sp³-hybridized carbons (Fsp3) is 0. The minimum Gasteiger partial charge on any atom is -0.324 e. The van der Waals surface area contributed by atoms with Crippen LogP contribution in [-0.2, 0) is 4.57 Å². The highest BCUT2D eigenvalue weighted by Crippen LogP contribution is 2.32. The fourth-order valence-electron chi connectivity index (χ4n) is 1.86. The third kappa shape index (κ3) is 5.53. The van der Waals surface area contributed by atoms with Gasteiger partial charge >= 0.3 is 7.82 Å². The van der Waals surface area contributed by atoms with Crippen LogP contribution in [0.5, 0.6) is 0 Å². The Hall–Kier alpha value is -2.71. The van der Waals surface area contributed by atoms with Gasteiger partial charge in [-0.15, -0.1) is 0 Å². The second-order valence-electron chi connectivity index (χ2n) is 4.15. The Morgan fingerprint density at radius 3 is 1.87 bits per heavy atom. The number of nitriles is 2. The lowest BCUT2D eigenvalue weighted by Crippen LogP contribution is -2.08. The average Bonchev–Trinajstić information content (AvgIpc) is 2.52. The topological polar surface area (TPSA) is 163 Å². The van der Waals surface area contributed by atoms with E-state index in [-0.39, 0.29) is 0 Å². The summed E-state index contributed by atoms with van der Waals surface area (Å²) in [5, 5.41) is 18.3. The predicted octanol–water partition coefficient (Wildman–Crippen LogP) is 1.45. The number of anilines is 1. The normalized spacial score (nSPS) is 9.83. The molecular weight excluding hydrogens is 319 g/mol. The first-order valence-electron chi connectivity index (χ1n) is 6.09. The molecule has 118 valence electrons. The molecule has 0 atom stereocenters.